The van der Waals surface area contributed by atoms with Crippen molar-refractivity contribution in [3.8, 4) is 0 Å². The molecule has 0 aromatic heterocycles. The Morgan fingerprint density at radius 2 is 2.00 bits per heavy atom. The third-order valence-electron chi connectivity index (χ3n) is 3.60. The summed E-state index contributed by atoms with van der Waals surface area (Å²) in [5.41, 5.74) is 1.55. The highest BCUT2D eigenvalue weighted by atomic mass is 79.9. The van der Waals surface area contributed by atoms with Gasteiger partial charge in [-0.3, -0.25) is 0 Å². The van der Waals surface area contributed by atoms with Gasteiger partial charge in [0.05, 0.1) is 37.6 Å². The number of halogens is 1. The molecule has 1 heterocycles. The van der Waals surface area contributed by atoms with Crippen LogP contribution in [0.4, 0.5) is 0 Å². The number of methoxy groups -OCH3 is 1. The molecular formula is C16H21BrO4. The molecule has 1 saturated heterocycles. The Morgan fingerprint density at radius 3 is 2.57 bits per heavy atom. The molecule has 1 fully saturated rings. The summed E-state index contributed by atoms with van der Waals surface area (Å²) in [6.45, 7) is 4.67. The van der Waals surface area contributed by atoms with Crippen LogP contribution in [0.5, 0.6) is 0 Å². The maximum atomic E-state index is 11.5. The fourth-order valence-corrected chi connectivity index (χ4v) is 3.09. The Morgan fingerprint density at radius 1 is 1.33 bits per heavy atom. The lowest BCUT2D eigenvalue weighted by Crippen LogP contribution is -2.34. The zero-order valence-corrected chi connectivity index (χ0v) is 14.2. The number of hydrogen-bond acceptors (Lipinski definition) is 4. The minimum absolute atomic E-state index is 0.218. The number of carbonyl (C=O) groups excluding carboxylic acids is 1. The van der Waals surface area contributed by atoms with Crippen molar-refractivity contribution in [1.82, 2.24) is 0 Å². The number of rotatable bonds is 4. The smallest absolute Gasteiger partial charge is 0.337 e. The largest absolute Gasteiger partial charge is 0.465 e. The van der Waals surface area contributed by atoms with Gasteiger partial charge in [0.25, 0.3) is 0 Å². The van der Waals surface area contributed by atoms with Crippen LogP contribution in [0, 0.1) is 0 Å². The molecule has 2 atom stereocenters. The molecule has 4 nitrogen and oxygen atoms in total. The van der Waals surface area contributed by atoms with Crippen molar-refractivity contribution in [1.29, 1.82) is 0 Å². The van der Waals surface area contributed by atoms with E-state index in [4.69, 9.17) is 14.2 Å². The van der Waals surface area contributed by atoms with Crippen molar-refractivity contribution >= 4 is 21.9 Å². The number of ether oxygens (including phenoxy) is 3. The summed E-state index contributed by atoms with van der Waals surface area (Å²) in [6.07, 6.45) is 2.54. The maximum Gasteiger partial charge on any atom is 0.337 e. The quantitative estimate of drug-likeness (QED) is 0.771. The highest BCUT2D eigenvalue weighted by Gasteiger charge is 2.25. The molecule has 2 rings (SSSR count). The van der Waals surface area contributed by atoms with Crippen molar-refractivity contribution in [2.24, 2.45) is 0 Å². The summed E-state index contributed by atoms with van der Waals surface area (Å²) in [6, 6.07) is 5.41. The van der Waals surface area contributed by atoms with Gasteiger partial charge in [0.2, 0.25) is 0 Å². The lowest BCUT2D eigenvalue weighted by atomic mass is 10.0. The fraction of sp³-hybridized carbons (Fsp3) is 0.562. The van der Waals surface area contributed by atoms with E-state index in [-0.39, 0.29) is 24.3 Å². The summed E-state index contributed by atoms with van der Waals surface area (Å²) in [4.78, 5) is 11.5. The van der Waals surface area contributed by atoms with E-state index in [1.165, 1.54) is 7.11 Å². The summed E-state index contributed by atoms with van der Waals surface area (Å²) >= 11 is 3.48. The predicted molar refractivity (Wildman–Crippen MR) is 83.3 cm³/mol. The van der Waals surface area contributed by atoms with E-state index in [1.54, 1.807) is 12.1 Å². The van der Waals surface area contributed by atoms with Crippen LogP contribution in [-0.2, 0) is 20.8 Å². The molecule has 0 amide bonds. The fourth-order valence-electron chi connectivity index (χ4n) is 2.60. The van der Waals surface area contributed by atoms with Crippen LogP contribution in [0.2, 0.25) is 0 Å². The molecule has 21 heavy (non-hydrogen) atoms. The molecule has 1 aromatic rings. The molecule has 0 bridgehead atoms. The van der Waals surface area contributed by atoms with Gasteiger partial charge in [0, 0.05) is 4.47 Å². The topological polar surface area (TPSA) is 44.8 Å². The maximum absolute atomic E-state index is 11.5. The molecule has 0 aliphatic carbocycles. The van der Waals surface area contributed by atoms with Crippen LogP contribution >= 0.6 is 15.9 Å². The number of hydrogen-bond donors (Lipinski definition) is 0. The van der Waals surface area contributed by atoms with Crippen LogP contribution in [0.15, 0.2) is 22.7 Å². The first-order chi connectivity index (χ1) is 9.99. The normalized spacial score (nSPS) is 25.6. The van der Waals surface area contributed by atoms with Gasteiger partial charge in [-0.1, -0.05) is 22.0 Å². The van der Waals surface area contributed by atoms with E-state index in [1.807, 2.05) is 6.07 Å². The minimum Gasteiger partial charge on any atom is -0.465 e. The lowest BCUT2D eigenvalue weighted by molar-refractivity contribution is -0.106. The number of carbonyl (C=O) groups is 1. The van der Waals surface area contributed by atoms with E-state index in [0.29, 0.717) is 12.2 Å². The Bertz CT molecular complexity index is 493. The van der Waals surface area contributed by atoms with Gasteiger partial charge >= 0.3 is 5.97 Å². The molecule has 0 saturated carbocycles. The summed E-state index contributed by atoms with van der Waals surface area (Å²) < 4.78 is 17.3. The zero-order valence-electron chi connectivity index (χ0n) is 12.6. The molecule has 0 spiro atoms. The van der Waals surface area contributed by atoms with Gasteiger partial charge in [-0.25, -0.2) is 4.79 Å². The van der Waals surface area contributed by atoms with Crippen LogP contribution in [0.3, 0.4) is 0 Å². The van der Waals surface area contributed by atoms with Gasteiger partial charge in [0.1, 0.15) is 0 Å². The van der Waals surface area contributed by atoms with Crippen molar-refractivity contribution in [3.63, 3.8) is 0 Å². The highest BCUT2D eigenvalue weighted by Crippen LogP contribution is 2.25. The minimum atomic E-state index is -0.338. The summed E-state index contributed by atoms with van der Waals surface area (Å²) in [5, 5.41) is 0. The van der Waals surface area contributed by atoms with Crippen LogP contribution < -0.4 is 0 Å². The van der Waals surface area contributed by atoms with Crippen LogP contribution in [0.25, 0.3) is 0 Å². The number of esters is 1. The lowest BCUT2D eigenvalue weighted by Gasteiger charge is -2.32. The van der Waals surface area contributed by atoms with Gasteiger partial charge < -0.3 is 14.2 Å². The first kappa shape index (κ1) is 16.5. The molecule has 2 unspecified atom stereocenters. The van der Waals surface area contributed by atoms with Gasteiger partial charge in [-0.2, -0.15) is 0 Å². The summed E-state index contributed by atoms with van der Waals surface area (Å²) in [7, 11) is 1.38. The first-order valence-electron chi connectivity index (χ1n) is 7.13. The Hall–Kier alpha value is -0.910. The molecule has 116 valence electrons. The van der Waals surface area contributed by atoms with E-state index in [2.05, 4.69) is 29.8 Å². The second-order valence-corrected chi connectivity index (χ2v) is 6.31. The van der Waals surface area contributed by atoms with Crippen molar-refractivity contribution in [2.45, 2.75) is 51.6 Å². The molecular weight excluding hydrogens is 336 g/mol. The van der Waals surface area contributed by atoms with E-state index in [9.17, 15) is 4.79 Å². The van der Waals surface area contributed by atoms with Gasteiger partial charge in [-0.15, -0.1) is 0 Å². The Kier molecular flexibility index (Phi) is 5.79. The SMILES string of the molecule is COC(=O)c1ccc(COC2CC(C)OC(C)C2)c(Br)c1. The number of benzene rings is 1. The molecule has 1 aromatic carbocycles. The van der Waals surface area contributed by atoms with Crippen molar-refractivity contribution in [3.05, 3.63) is 33.8 Å². The van der Waals surface area contributed by atoms with Gasteiger partial charge in [-0.05, 0) is 44.4 Å². The summed E-state index contributed by atoms with van der Waals surface area (Å²) in [5.74, 6) is -0.338. The third-order valence-corrected chi connectivity index (χ3v) is 4.34. The van der Waals surface area contributed by atoms with E-state index in [0.717, 1.165) is 22.9 Å². The molecule has 0 radical (unpaired) electrons. The van der Waals surface area contributed by atoms with Crippen LogP contribution in [0.1, 0.15) is 42.6 Å². The van der Waals surface area contributed by atoms with E-state index >= 15 is 0 Å². The zero-order chi connectivity index (χ0) is 15.4. The monoisotopic (exact) mass is 356 g/mol. The Labute approximate surface area is 133 Å². The van der Waals surface area contributed by atoms with Crippen molar-refractivity contribution in [2.75, 3.05) is 7.11 Å². The average molecular weight is 357 g/mol. The second-order valence-electron chi connectivity index (χ2n) is 5.46. The average Bonchev–Trinajstić information content (AvgIpc) is 2.44. The molecule has 0 N–H and O–H groups in total. The standard InChI is InChI=1S/C16H21BrO4/c1-10-6-14(7-11(2)21-10)20-9-13-5-4-12(8-15(13)17)16(18)19-3/h4-5,8,10-11,14H,6-7,9H2,1-3H3. The molecule has 5 heteroatoms. The first-order valence-corrected chi connectivity index (χ1v) is 7.92. The molecule has 1 aliphatic rings. The van der Waals surface area contributed by atoms with E-state index < -0.39 is 0 Å². The third kappa shape index (κ3) is 4.53. The highest BCUT2D eigenvalue weighted by molar-refractivity contribution is 9.10. The second kappa shape index (κ2) is 7.38. The molecule has 1 aliphatic heterocycles. The van der Waals surface area contributed by atoms with Crippen LogP contribution in [-0.4, -0.2) is 31.4 Å². The van der Waals surface area contributed by atoms with Gasteiger partial charge in [0.15, 0.2) is 0 Å². The predicted octanol–water partition coefficient (Wildman–Crippen LogP) is 3.71. The van der Waals surface area contributed by atoms with Crippen molar-refractivity contribution < 1.29 is 19.0 Å². The Balaban J connectivity index is 1.95.